The van der Waals surface area contributed by atoms with Crippen LogP contribution in [0.5, 0.6) is 5.75 Å². The van der Waals surface area contributed by atoms with E-state index in [0.29, 0.717) is 16.8 Å². The van der Waals surface area contributed by atoms with E-state index in [-0.39, 0.29) is 43.3 Å². The second-order valence-electron chi connectivity index (χ2n) is 8.42. The predicted octanol–water partition coefficient (Wildman–Crippen LogP) is 1.77. The van der Waals surface area contributed by atoms with Gasteiger partial charge < -0.3 is 20.3 Å². The van der Waals surface area contributed by atoms with Crippen LogP contribution in [0.15, 0.2) is 24.4 Å². The fourth-order valence-corrected chi connectivity index (χ4v) is 3.41. The van der Waals surface area contributed by atoms with Crippen molar-refractivity contribution in [3.8, 4) is 23.2 Å². The highest BCUT2D eigenvalue weighted by Crippen LogP contribution is 2.26. The normalized spacial score (nSPS) is 13.7. The van der Waals surface area contributed by atoms with E-state index in [1.165, 1.54) is 16.9 Å². The third kappa shape index (κ3) is 6.83. The molecule has 0 bridgehead atoms. The molecule has 0 atom stereocenters. The summed E-state index contributed by atoms with van der Waals surface area (Å²) in [4.78, 5) is 10.9. The van der Waals surface area contributed by atoms with Crippen LogP contribution in [0.1, 0.15) is 44.0 Å². The van der Waals surface area contributed by atoms with E-state index >= 15 is 0 Å². The van der Waals surface area contributed by atoms with Gasteiger partial charge in [0.1, 0.15) is 18.4 Å². The number of nitrogens with zero attached hydrogens (tertiary/aromatic N) is 7. The Morgan fingerprint density at radius 3 is 2.69 bits per heavy atom. The van der Waals surface area contributed by atoms with Crippen molar-refractivity contribution in [3.63, 3.8) is 0 Å². The molecule has 1 saturated heterocycles. The number of carbonyl (C=O) groups is 1. The monoisotopic (exact) mass is 500 g/mol. The molecule has 1 aromatic carbocycles. The summed E-state index contributed by atoms with van der Waals surface area (Å²) in [6, 6.07) is 6.75. The van der Waals surface area contributed by atoms with Crippen molar-refractivity contribution in [1.29, 1.82) is 5.26 Å². The molecule has 3 aromatic rings. The summed E-state index contributed by atoms with van der Waals surface area (Å²) < 4.78 is 21.9. The highest BCUT2D eigenvalue weighted by molar-refractivity contribution is 5.68. The van der Waals surface area contributed by atoms with E-state index in [1.54, 1.807) is 30.8 Å². The number of ether oxygens (including phenoxy) is 1. The molecule has 0 unspecified atom stereocenters. The minimum absolute atomic E-state index is 0.0368. The molecular weight excluding hydrogens is 471 g/mol. The van der Waals surface area contributed by atoms with Crippen molar-refractivity contribution in [1.82, 2.24) is 35.3 Å². The number of halogens is 1. The third-order valence-electron chi connectivity index (χ3n) is 5.45. The number of aliphatic hydroxyl groups excluding tert-OH is 1. The van der Waals surface area contributed by atoms with Gasteiger partial charge in [0.05, 0.1) is 31.3 Å². The molecule has 0 saturated carbocycles. The van der Waals surface area contributed by atoms with Gasteiger partial charge in [-0.1, -0.05) is 13.8 Å². The van der Waals surface area contributed by atoms with Gasteiger partial charge in [0.15, 0.2) is 11.6 Å². The minimum Gasteiger partial charge on any atom is -0.486 e. The first-order valence-corrected chi connectivity index (χ1v) is 11.6. The summed E-state index contributed by atoms with van der Waals surface area (Å²) in [5.74, 6) is -1.24. The maximum atomic E-state index is 14.5. The van der Waals surface area contributed by atoms with Gasteiger partial charge in [-0.05, 0) is 49.3 Å². The molecule has 1 fully saturated rings. The summed E-state index contributed by atoms with van der Waals surface area (Å²) in [6.07, 6.45) is 3.42. The standard InChI is InChI=1S/C19H21FN8O2.C4H8O2/c20-16-9-13(19-24-26-27(25-19)7-8-29)1-2-18(16)30-12-14-11-23-28(17(14)10-21)15-3-5-22-6-4-15;1-3(2)4(5)6/h1-2,9,11,15,22,29H,3-8,12H2;3H,1-2H3,(H,5,6). The molecule has 1 aliphatic rings. The number of tetrazole rings is 1. The number of piperidine rings is 1. The van der Waals surface area contributed by atoms with E-state index < -0.39 is 11.8 Å². The van der Waals surface area contributed by atoms with Gasteiger partial charge in [-0.25, -0.2) is 4.39 Å². The van der Waals surface area contributed by atoms with Gasteiger partial charge in [-0.15, -0.1) is 10.2 Å². The molecule has 2 aromatic heterocycles. The van der Waals surface area contributed by atoms with Crippen LogP contribution < -0.4 is 10.1 Å². The van der Waals surface area contributed by atoms with Crippen molar-refractivity contribution in [2.75, 3.05) is 19.7 Å². The number of aliphatic carboxylic acids is 1. The maximum Gasteiger partial charge on any atom is 0.305 e. The fraction of sp³-hybridized carbons (Fsp3) is 0.478. The SMILES string of the molecule is CC(C)C(=O)O.N#Cc1c(COc2ccc(-c3nnn(CCO)n3)cc2F)cnn1C1CCNCC1. The molecule has 3 heterocycles. The minimum atomic E-state index is -0.741. The zero-order valence-corrected chi connectivity index (χ0v) is 20.1. The molecule has 0 aliphatic carbocycles. The van der Waals surface area contributed by atoms with Crippen molar-refractivity contribution in [3.05, 3.63) is 41.5 Å². The van der Waals surface area contributed by atoms with Crippen molar-refractivity contribution < 1.29 is 24.1 Å². The number of hydrogen-bond acceptors (Lipinski definition) is 9. The Bertz CT molecular complexity index is 1200. The van der Waals surface area contributed by atoms with Gasteiger partial charge in [0.2, 0.25) is 5.82 Å². The number of rotatable bonds is 8. The second-order valence-corrected chi connectivity index (χ2v) is 8.42. The smallest absolute Gasteiger partial charge is 0.305 e. The summed E-state index contributed by atoms with van der Waals surface area (Å²) in [7, 11) is 0. The molecule has 12 nitrogen and oxygen atoms in total. The van der Waals surface area contributed by atoms with E-state index in [4.69, 9.17) is 14.9 Å². The van der Waals surface area contributed by atoms with Gasteiger partial charge in [-0.3, -0.25) is 9.48 Å². The van der Waals surface area contributed by atoms with Gasteiger partial charge in [0.25, 0.3) is 0 Å². The van der Waals surface area contributed by atoms with E-state index in [1.807, 2.05) is 0 Å². The lowest BCUT2D eigenvalue weighted by atomic mass is 10.1. The number of aliphatic hydroxyl groups is 1. The lowest BCUT2D eigenvalue weighted by Gasteiger charge is -2.23. The average Bonchev–Trinajstić information content (AvgIpc) is 3.51. The maximum absolute atomic E-state index is 14.5. The Balaban J connectivity index is 0.000000538. The highest BCUT2D eigenvalue weighted by Gasteiger charge is 2.21. The number of nitriles is 1. The summed E-state index contributed by atoms with van der Waals surface area (Å²) in [6.45, 7) is 5.20. The van der Waals surface area contributed by atoms with Crippen LogP contribution in [-0.2, 0) is 17.9 Å². The number of hydrogen-bond donors (Lipinski definition) is 3. The molecule has 1 aliphatic heterocycles. The van der Waals surface area contributed by atoms with Crippen LogP contribution in [0.25, 0.3) is 11.4 Å². The Morgan fingerprint density at radius 1 is 1.36 bits per heavy atom. The molecular formula is C23H29FN8O4. The number of nitrogens with one attached hydrogen (secondary N) is 1. The van der Waals surface area contributed by atoms with Crippen molar-refractivity contribution in [2.24, 2.45) is 5.92 Å². The fourth-order valence-electron chi connectivity index (χ4n) is 3.41. The molecule has 0 amide bonds. The van der Waals surface area contributed by atoms with Gasteiger partial charge in [0, 0.05) is 11.1 Å². The summed E-state index contributed by atoms with van der Waals surface area (Å²) in [5, 5.41) is 45.9. The molecule has 0 radical (unpaired) electrons. The lowest BCUT2D eigenvalue weighted by Crippen LogP contribution is -2.30. The molecule has 4 rings (SSSR count). The van der Waals surface area contributed by atoms with E-state index in [2.05, 4.69) is 31.9 Å². The topological polar surface area (TPSA) is 164 Å². The van der Waals surface area contributed by atoms with Crippen molar-refractivity contribution >= 4 is 5.97 Å². The molecule has 3 N–H and O–H groups in total. The Morgan fingerprint density at radius 2 is 2.08 bits per heavy atom. The predicted molar refractivity (Wildman–Crippen MR) is 125 cm³/mol. The zero-order valence-electron chi connectivity index (χ0n) is 20.1. The second kappa shape index (κ2) is 12.7. The van der Waals surface area contributed by atoms with Gasteiger partial charge in [-0.2, -0.15) is 15.2 Å². The first-order valence-electron chi connectivity index (χ1n) is 11.6. The van der Waals surface area contributed by atoms with Crippen LogP contribution >= 0.6 is 0 Å². The van der Waals surface area contributed by atoms with Crippen molar-refractivity contribution in [2.45, 2.75) is 45.9 Å². The molecule has 192 valence electrons. The number of carboxylic acid groups (broad SMARTS) is 1. The van der Waals surface area contributed by atoms with Crippen LogP contribution in [0, 0.1) is 23.1 Å². The van der Waals surface area contributed by atoms with Crippen LogP contribution in [-0.4, -0.2) is 65.9 Å². The highest BCUT2D eigenvalue weighted by atomic mass is 19.1. The average molecular weight is 501 g/mol. The first-order chi connectivity index (χ1) is 17.3. The molecule has 0 spiro atoms. The first kappa shape index (κ1) is 26.7. The number of benzene rings is 1. The number of carboxylic acids is 1. The molecule has 36 heavy (non-hydrogen) atoms. The summed E-state index contributed by atoms with van der Waals surface area (Å²) in [5.41, 5.74) is 1.51. The quantitative estimate of drug-likeness (QED) is 0.415. The Labute approximate surface area is 207 Å². The molecule has 13 heteroatoms. The zero-order chi connectivity index (χ0) is 26.1. The van der Waals surface area contributed by atoms with Crippen LogP contribution in [0.2, 0.25) is 0 Å². The van der Waals surface area contributed by atoms with Crippen LogP contribution in [0.3, 0.4) is 0 Å². The van der Waals surface area contributed by atoms with E-state index in [9.17, 15) is 14.4 Å². The number of aromatic nitrogens is 6. The summed E-state index contributed by atoms with van der Waals surface area (Å²) >= 11 is 0. The van der Waals surface area contributed by atoms with E-state index in [0.717, 1.165) is 25.9 Å². The Kier molecular flexibility index (Phi) is 9.43. The van der Waals surface area contributed by atoms with Gasteiger partial charge >= 0.3 is 5.97 Å². The Hall–Kier alpha value is -3.89. The van der Waals surface area contributed by atoms with Crippen LogP contribution in [0.4, 0.5) is 4.39 Å². The third-order valence-corrected chi connectivity index (χ3v) is 5.45. The largest absolute Gasteiger partial charge is 0.486 e. The lowest BCUT2D eigenvalue weighted by molar-refractivity contribution is -0.140.